The van der Waals surface area contributed by atoms with Gasteiger partial charge in [0.25, 0.3) is 0 Å². The van der Waals surface area contributed by atoms with Gasteiger partial charge >= 0.3 is 0 Å². The van der Waals surface area contributed by atoms with Crippen molar-refractivity contribution in [2.75, 3.05) is 33.2 Å². The molecule has 1 atom stereocenters. The lowest BCUT2D eigenvalue weighted by Crippen LogP contribution is -2.53. The molecular weight excluding hydrogens is 349 g/mol. The first-order chi connectivity index (χ1) is 10.7. The van der Waals surface area contributed by atoms with Gasteiger partial charge < -0.3 is 10.2 Å². The molecule has 1 aromatic heterocycles. The Balaban J connectivity index is 0.00000144. The fourth-order valence-electron chi connectivity index (χ4n) is 3.78. The predicted octanol–water partition coefficient (Wildman–Crippen LogP) is 1.61. The third-order valence-corrected chi connectivity index (χ3v) is 5.06. The van der Waals surface area contributed by atoms with Crippen LogP contribution in [0.1, 0.15) is 37.3 Å². The monoisotopic (exact) mass is 377 g/mol. The highest BCUT2D eigenvalue weighted by Gasteiger charge is 2.31. The molecule has 2 aliphatic rings. The normalized spacial score (nSPS) is 20.3. The molecule has 1 N–H and O–H groups in total. The predicted molar refractivity (Wildman–Crippen MR) is 99.9 cm³/mol. The fourth-order valence-corrected chi connectivity index (χ4v) is 3.78. The zero-order chi connectivity index (χ0) is 15.5. The topological polar surface area (TPSA) is 53.4 Å². The van der Waals surface area contributed by atoms with E-state index in [4.69, 9.17) is 0 Å². The molecule has 6 nitrogen and oxygen atoms in total. The van der Waals surface area contributed by atoms with Crippen LogP contribution in [0.3, 0.4) is 0 Å². The van der Waals surface area contributed by atoms with Gasteiger partial charge in [0.2, 0.25) is 5.91 Å². The highest BCUT2D eigenvalue weighted by molar-refractivity contribution is 5.85. The van der Waals surface area contributed by atoms with E-state index in [9.17, 15) is 4.79 Å². The molecule has 1 aromatic rings. The lowest BCUT2D eigenvalue weighted by Gasteiger charge is -2.39. The maximum absolute atomic E-state index is 12.8. The summed E-state index contributed by atoms with van der Waals surface area (Å²) in [5.74, 6) is 0.168. The average molecular weight is 378 g/mol. The van der Waals surface area contributed by atoms with E-state index in [1.807, 2.05) is 25.2 Å². The van der Waals surface area contributed by atoms with Gasteiger partial charge in [0.15, 0.2) is 0 Å². The summed E-state index contributed by atoms with van der Waals surface area (Å²) in [6.07, 6.45) is 9.09. The first kappa shape index (κ1) is 21.2. The van der Waals surface area contributed by atoms with Crippen molar-refractivity contribution in [2.24, 2.45) is 7.05 Å². The van der Waals surface area contributed by atoms with E-state index < -0.39 is 0 Å². The molecule has 1 aliphatic heterocycles. The molecule has 1 saturated heterocycles. The number of likely N-dealkylation sites (N-methyl/N-ethyl adjacent to an activating group) is 1. The van der Waals surface area contributed by atoms with Crippen LogP contribution < -0.4 is 5.32 Å². The van der Waals surface area contributed by atoms with E-state index in [0.29, 0.717) is 0 Å². The number of piperazine rings is 1. The standard InChI is InChI=1S/C16H27N5O.2ClH/c1-17-15(13-11-18-19(2)12-13)16(22)21-9-7-20(8-10-21)14-5-3-4-6-14;;/h11-12,14-15,17H,3-10H2,1-2H3;2*1H. The zero-order valence-corrected chi connectivity index (χ0v) is 16.1. The molecule has 1 aliphatic carbocycles. The van der Waals surface area contributed by atoms with E-state index in [0.717, 1.165) is 37.8 Å². The number of amides is 1. The van der Waals surface area contributed by atoms with E-state index >= 15 is 0 Å². The number of hydrogen-bond donors (Lipinski definition) is 1. The van der Waals surface area contributed by atoms with Crippen LogP contribution in [-0.4, -0.2) is 64.8 Å². The molecular formula is C16H29Cl2N5O. The number of nitrogens with zero attached hydrogens (tertiary/aromatic N) is 4. The minimum atomic E-state index is -0.285. The molecule has 138 valence electrons. The number of rotatable bonds is 4. The minimum Gasteiger partial charge on any atom is -0.338 e. The Morgan fingerprint density at radius 3 is 2.33 bits per heavy atom. The molecule has 0 spiro atoms. The molecule has 1 amide bonds. The molecule has 2 fully saturated rings. The van der Waals surface area contributed by atoms with Gasteiger partial charge in [0.05, 0.1) is 6.20 Å². The molecule has 1 saturated carbocycles. The molecule has 2 heterocycles. The van der Waals surface area contributed by atoms with Crippen LogP contribution in [0.2, 0.25) is 0 Å². The summed E-state index contributed by atoms with van der Waals surface area (Å²) in [4.78, 5) is 17.4. The third kappa shape index (κ3) is 4.63. The molecule has 8 heteroatoms. The Morgan fingerprint density at radius 2 is 1.83 bits per heavy atom. The van der Waals surface area contributed by atoms with E-state index in [1.54, 1.807) is 10.9 Å². The summed E-state index contributed by atoms with van der Waals surface area (Å²) in [7, 11) is 3.71. The number of hydrogen-bond acceptors (Lipinski definition) is 4. The van der Waals surface area contributed by atoms with E-state index in [1.165, 1.54) is 25.7 Å². The molecule has 0 aromatic carbocycles. The van der Waals surface area contributed by atoms with E-state index in [-0.39, 0.29) is 36.8 Å². The van der Waals surface area contributed by atoms with Crippen molar-refractivity contribution in [1.29, 1.82) is 0 Å². The largest absolute Gasteiger partial charge is 0.338 e. The molecule has 0 bridgehead atoms. The van der Waals surface area contributed by atoms with Gasteiger partial charge in [-0.25, -0.2) is 0 Å². The van der Waals surface area contributed by atoms with Gasteiger partial charge in [-0.15, -0.1) is 24.8 Å². The first-order valence-corrected chi connectivity index (χ1v) is 8.37. The van der Waals surface area contributed by atoms with E-state index in [2.05, 4.69) is 15.3 Å². The van der Waals surface area contributed by atoms with Crippen LogP contribution in [-0.2, 0) is 11.8 Å². The van der Waals surface area contributed by atoms with Crippen molar-refractivity contribution in [3.05, 3.63) is 18.0 Å². The van der Waals surface area contributed by atoms with Crippen molar-refractivity contribution >= 4 is 30.7 Å². The number of halogens is 2. The summed E-state index contributed by atoms with van der Waals surface area (Å²) in [5, 5.41) is 7.31. The second-order valence-electron chi connectivity index (χ2n) is 6.47. The highest BCUT2D eigenvalue weighted by Crippen LogP contribution is 2.25. The van der Waals surface area contributed by atoms with Gasteiger partial charge in [-0.3, -0.25) is 14.4 Å². The number of aryl methyl sites for hydroxylation is 1. The minimum absolute atomic E-state index is 0. The van der Waals surface area contributed by atoms with Crippen molar-refractivity contribution in [2.45, 2.75) is 37.8 Å². The van der Waals surface area contributed by atoms with Crippen LogP contribution in [0, 0.1) is 0 Å². The van der Waals surface area contributed by atoms with Crippen LogP contribution >= 0.6 is 24.8 Å². The smallest absolute Gasteiger partial charge is 0.244 e. The lowest BCUT2D eigenvalue weighted by molar-refractivity contribution is -0.135. The van der Waals surface area contributed by atoms with Gasteiger partial charge in [0.1, 0.15) is 6.04 Å². The van der Waals surface area contributed by atoms with Gasteiger partial charge in [-0.05, 0) is 19.9 Å². The summed E-state index contributed by atoms with van der Waals surface area (Å²) in [6, 6.07) is 0.474. The lowest BCUT2D eigenvalue weighted by atomic mass is 10.1. The van der Waals surface area contributed by atoms with Gasteiger partial charge in [0, 0.05) is 51.0 Å². The van der Waals surface area contributed by atoms with Gasteiger partial charge in [-0.1, -0.05) is 12.8 Å². The summed E-state index contributed by atoms with van der Waals surface area (Å²) >= 11 is 0. The Hall–Kier alpha value is -0.820. The van der Waals surface area contributed by atoms with Crippen LogP contribution in [0.15, 0.2) is 12.4 Å². The third-order valence-electron chi connectivity index (χ3n) is 5.06. The number of aromatic nitrogens is 2. The number of nitrogens with one attached hydrogen (secondary N) is 1. The highest BCUT2D eigenvalue weighted by atomic mass is 35.5. The van der Waals surface area contributed by atoms with Crippen LogP contribution in [0.4, 0.5) is 0 Å². The SMILES string of the molecule is CNC(C(=O)N1CCN(C2CCCC2)CC1)c1cnn(C)c1.Cl.Cl. The molecule has 0 radical (unpaired) electrons. The summed E-state index contributed by atoms with van der Waals surface area (Å²) < 4.78 is 1.74. The first-order valence-electron chi connectivity index (χ1n) is 8.37. The quantitative estimate of drug-likeness (QED) is 0.865. The average Bonchev–Trinajstić information content (AvgIpc) is 3.20. The number of carbonyl (C=O) groups excluding carboxylic acids is 1. The van der Waals surface area contributed by atoms with Crippen molar-refractivity contribution in [3.63, 3.8) is 0 Å². The molecule has 24 heavy (non-hydrogen) atoms. The maximum Gasteiger partial charge on any atom is 0.244 e. The Morgan fingerprint density at radius 1 is 1.21 bits per heavy atom. The van der Waals surface area contributed by atoms with Gasteiger partial charge in [-0.2, -0.15) is 5.10 Å². The second-order valence-corrected chi connectivity index (χ2v) is 6.47. The fraction of sp³-hybridized carbons (Fsp3) is 0.750. The Kier molecular flexibility index (Phi) is 8.50. The van der Waals surface area contributed by atoms with Crippen molar-refractivity contribution in [3.8, 4) is 0 Å². The molecule has 1 unspecified atom stereocenters. The second kappa shape index (κ2) is 9.61. The van der Waals surface area contributed by atoms with Crippen LogP contribution in [0.25, 0.3) is 0 Å². The summed E-state index contributed by atoms with van der Waals surface area (Å²) in [5.41, 5.74) is 0.938. The molecule has 3 rings (SSSR count). The van der Waals surface area contributed by atoms with Crippen molar-refractivity contribution < 1.29 is 4.79 Å². The van der Waals surface area contributed by atoms with Crippen LogP contribution in [0.5, 0.6) is 0 Å². The maximum atomic E-state index is 12.8. The summed E-state index contributed by atoms with van der Waals surface area (Å²) in [6.45, 7) is 3.71. The van der Waals surface area contributed by atoms with Crippen molar-refractivity contribution in [1.82, 2.24) is 24.9 Å². The Bertz CT molecular complexity index is 510. The zero-order valence-electron chi connectivity index (χ0n) is 14.5. The number of carbonyl (C=O) groups is 1. The Labute approximate surface area is 156 Å².